The van der Waals surface area contributed by atoms with Gasteiger partial charge in [0.15, 0.2) is 17.0 Å². The summed E-state index contributed by atoms with van der Waals surface area (Å²) in [5.41, 5.74) is 7.44. The molecule has 0 spiro atoms. The van der Waals surface area contributed by atoms with E-state index in [-0.39, 0.29) is 42.7 Å². The first-order valence-corrected chi connectivity index (χ1v) is 9.18. The number of ether oxygens (including phenoxy) is 3. The van der Waals surface area contributed by atoms with E-state index in [4.69, 9.17) is 19.9 Å². The second-order valence-electron chi connectivity index (χ2n) is 6.18. The Kier molecular flexibility index (Phi) is 5.95. The molecule has 2 N–H and O–H groups in total. The molecule has 1 atom stereocenters. The fourth-order valence-corrected chi connectivity index (χ4v) is 3.18. The van der Waals surface area contributed by atoms with Crippen LogP contribution in [0, 0.1) is 5.92 Å². The standard InChI is InChI=1S/C17H21BrFN5O3/c1-9-6-10(12(19)7-11(9)18)8-24-15-13(21-17(24)26-3)14(20)22-16(23-15)27-5-4-25-2/h7,9H,4-6,8H2,1-3H3,(H2,20,22,23). The van der Waals surface area contributed by atoms with Gasteiger partial charge in [-0.05, 0) is 24.0 Å². The van der Waals surface area contributed by atoms with E-state index in [0.717, 1.165) is 4.48 Å². The molecule has 0 bridgehead atoms. The topological polar surface area (TPSA) is 97.3 Å². The lowest BCUT2D eigenvalue weighted by molar-refractivity contribution is 0.141. The summed E-state index contributed by atoms with van der Waals surface area (Å²) in [6, 6.07) is 0.386. The summed E-state index contributed by atoms with van der Waals surface area (Å²) in [5, 5.41) is 0. The molecule has 0 aliphatic heterocycles. The Morgan fingerprint density at radius 2 is 2.07 bits per heavy atom. The average molecular weight is 442 g/mol. The third-order valence-corrected chi connectivity index (χ3v) is 5.25. The van der Waals surface area contributed by atoms with Gasteiger partial charge in [0, 0.05) is 11.6 Å². The molecule has 2 heterocycles. The molecular weight excluding hydrogens is 421 g/mol. The molecule has 0 saturated heterocycles. The van der Waals surface area contributed by atoms with Crippen molar-refractivity contribution >= 4 is 32.9 Å². The van der Waals surface area contributed by atoms with Crippen LogP contribution in [0.2, 0.25) is 0 Å². The number of nitrogens with zero attached hydrogens (tertiary/aromatic N) is 4. The summed E-state index contributed by atoms with van der Waals surface area (Å²) >= 11 is 3.40. The molecule has 2 aromatic rings. The van der Waals surface area contributed by atoms with Gasteiger partial charge in [0.1, 0.15) is 12.4 Å². The van der Waals surface area contributed by atoms with Crippen molar-refractivity contribution < 1.29 is 18.6 Å². The van der Waals surface area contributed by atoms with Crippen LogP contribution in [0.5, 0.6) is 12.0 Å². The highest BCUT2D eigenvalue weighted by Gasteiger charge is 2.23. The van der Waals surface area contributed by atoms with Crippen molar-refractivity contribution in [1.29, 1.82) is 0 Å². The number of nitrogen functional groups attached to an aromatic ring is 1. The van der Waals surface area contributed by atoms with Gasteiger partial charge < -0.3 is 19.9 Å². The van der Waals surface area contributed by atoms with Crippen LogP contribution >= 0.6 is 15.9 Å². The van der Waals surface area contributed by atoms with Gasteiger partial charge in [0.25, 0.3) is 6.01 Å². The summed E-state index contributed by atoms with van der Waals surface area (Å²) in [4.78, 5) is 12.8. The fraction of sp³-hybridized carbons (Fsp3) is 0.471. The van der Waals surface area contributed by atoms with E-state index in [1.165, 1.54) is 13.2 Å². The summed E-state index contributed by atoms with van der Waals surface area (Å²) in [6.45, 7) is 2.93. The van der Waals surface area contributed by atoms with Crippen molar-refractivity contribution in [1.82, 2.24) is 19.5 Å². The predicted octanol–water partition coefficient (Wildman–Crippen LogP) is 2.98. The van der Waals surface area contributed by atoms with Gasteiger partial charge in [-0.25, -0.2) is 4.39 Å². The molecule has 1 aliphatic rings. The van der Waals surface area contributed by atoms with Crippen LogP contribution in [0.3, 0.4) is 0 Å². The largest absolute Gasteiger partial charge is 0.468 e. The van der Waals surface area contributed by atoms with Crippen molar-refractivity contribution in [3.63, 3.8) is 0 Å². The molecule has 3 rings (SSSR count). The van der Waals surface area contributed by atoms with E-state index < -0.39 is 0 Å². The lowest BCUT2D eigenvalue weighted by Gasteiger charge is -2.20. The minimum absolute atomic E-state index is 0.106. The number of halogens is 2. The highest BCUT2D eigenvalue weighted by atomic mass is 79.9. The first-order valence-electron chi connectivity index (χ1n) is 8.38. The second-order valence-corrected chi connectivity index (χ2v) is 7.09. The number of aromatic nitrogens is 4. The number of anilines is 1. The zero-order chi connectivity index (χ0) is 19.6. The number of allylic oxidation sites excluding steroid dienone is 4. The van der Waals surface area contributed by atoms with E-state index in [0.29, 0.717) is 29.8 Å². The van der Waals surface area contributed by atoms with Crippen LogP contribution in [-0.4, -0.2) is 47.0 Å². The van der Waals surface area contributed by atoms with E-state index in [9.17, 15) is 4.39 Å². The van der Waals surface area contributed by atoms with Crippen LogP contribution in [0.1, 0.15) is 13.3 Å². The van der Waals surface area contributed by atoms with Crippen molar-refractivity contribution in [2.24, 2.45) is 5.92 Å². The summed E-state index contributed by atoms with van der Waals surface area (Å²) in [6.07, 6.45) is 2.07. The normalized spacial score (nSPS) is 17.4. The van der Waals surface area contributed by atoms with Crippen molar-refractivity contribution in [3.05, 3.63) is 22.0 Å². The van der Waals surface area contributed by atoms with Crippen LogP contribution in [0.15, 0.2) is 22.0 Å². The second kappa shape index (κ2) is 8.22. The number of fused-ring (bicyclic) bond motifs is 1. The van der Waals surface area contributed by atoms with Gasteiger partial charge in [-0.2, -0.15) is 15.0 Å². The Labute approximate surface area is 164 Å². The molecular formula is C17H21BrFN5O3. The van der Waals surface area contributed by atoms with Crippen molar-refractivity contribution in [2.75, 3.05) is 33.2 Å². The minimum Gasteiger partial charge on any atom is -0.468 e. The zero-order valence-electron chi connectivity index (χ0n) is 15.3. The number of hydrogen-bond donors (Lipinski definition) is 1. The third kappa shape index (κ3) is 4.06. The van der Waals surface area contributed by atoms with Gasteiger partial charge >= 0.3 is 6.01 Å². The van der Waals surface area contributed by atoms with E-state index in [1.54, 1.807) is 11.7 Å². The Balaban J connectivity index is 2.02. The molecule has 0 radical (unpaired) electrons. The summed E-state index contributed by atoms with van der Waals surface area (Å²) in [7, 11) is 3.06. The SMILES string of the molecule is COCCOc1nc(N)c2nc(OC)n(CC3=C(F)C=C(Br)C(C)C3)c2n1. The van der Waals surface area contributed by atoms with Crippen molar-refractivity contribution in [3.8, 4) is 12.0 Å². The molecule has 0 aromatic carbocycles. The molecule has 27 heavy (non-hydrogen) atoms. The maximum absolute atomic E-state index is 14.5. The number of methoxy groups -OCH3 is 2. The molecule has 10 heteroatoms. The zero-order valence-corrected chi connectivity index (χ0v) is 16.9. The monoisotopic (exact) mass is 441 g/mol. The van der Waals surface area contributed by atoms with Crippen LogP contribution in [-0.2, 0) is 11.3 Å². The van der Waals surface area contributed by atoms with E-state index in [2.05, 4.69) is 30.9 Å². The van der Waals surface area contributed by atoms with Gasteiger partial charge in [0.05, 0.1) is 20.3 Å². The van der Waals surface area contributed by atoms with Crippen LogP contribution < -0.4 is 15.2 Å². The summed E-state index contributed by atoms with van der Waals surface area (Å²) in [5.74, 6) is 0.0777. The molecule has 146 valence electrons. The molecule has 8 nitrogen and oxygen atoms in total. The number of imidazole rings is 1. The Morgan fingerprint density at radius 3 is 2.78 bits per heavy atom. The molecule has 2 aromatic heterocycles. The summed E-state index contributed by atoms with van der Waals surface area (Å²) < 4.78 is 32.7. The number of rotatable bonds is 7. The van der Waals surface area contributed by atoms with Gasteiger partial charge in [-0.15, -0.1) is 0 Å². The number of nitrogens with two attached hydrogens (primary N) is 1. The first kappa shape index (κ1) is 19.6. The Morgan fingerprint density at radius 1 is 1.30 bits per heavy atom. The van der Waals surface area contributed by atoms with E-state index in [1.807, 2.05) is 6.92 Å². The van der Waals surface area contributed by atoms with E-state index >= 15 is 0 Å². The number of hydrogen-bond acceptors (Lipinski definition) is 7. The van der Waals surface area contributed by atoms with Gasteiger partial charge in [-0.1, -0.05) is 22.9 Å². The molecule has 0 fully saturated rings. The molecule has 0 amide bonds. The first-order chi connectivity index (χ1) is 12.9. The van der Waals surface area contributed by atoms with Gasteiger partial charge in [0.2, 0.25) is 0 Å². The molecule has 1 unspecified atom stereocenters. The molecule has 1 aliphatic carbocycles. The smallest absolute Gasteiger partial charge is 0.320 e. The molecule has 0 saturated carbocycles. The average Bonchev–Trinajstić information content (AvgIpc) is 2.98. The van der Waals surface area contributed by atoms with Gasteiger partial charge in [-0.3, -0.25) is 4.57 Å². The minimum atomic E-state index is -0.275. The Bertz CT molecular complexity index is 912. The highest BCUT2D eigenvalue weighted by Crippen LogP contribution is 2.35. The third-order valence-electron chi connectivity index (χ3n) is 4.24. The lowest BCUT2D eigenvalue weighted by atomic mass is 9.95. The predicted molar refractivity (Wildman–Crippen MR) is 103 cm³/mol. The Hall–Kier alpha value is -2.20. The van der Waals surface area contributed by atoms with Crippen molar-refractivity contribution in [2.45, 2.75) is 19.9 Å². The maximum Gasteiger partial charge on any atom is 0.320 e. The maximum atomic E-state index is 14.5. The lowest BCUT2D eigenvalue weighted by Crippen LogP contribution is -2.12. The quantitative estimate of drug-likeness (QED) is 0.659. The fourth-order valence-electron chi connectivity index (χ4n) is 2.82. The van der Waals surface area contributed by atoms with Crippen LogP contribution in [0.25, 0.3) is 11.2 Å². The van der Waals surface area contributed by atoms with Crippen LogP contribution in [0.4, 0.5) is 10.2 Å². The highest BCUT2D eigenvalue weighted by molar-refractivity contribution is 9.11.